The van der Waals surface area contributed by atoms with Crippen LogP contribution in [0.15, 0.2) is 29.2 Å². The number of hydrogen-bond donors (Lipinski definition) is 1. The predicted molar refractivity (Wildman–Crippen MR) is 60.1 cm³/mol. The molecule has 0 saturated heterocycles. The highest BCUT2D eigenvalue weighted by Gasteiger charge is 2.19. The minimum Gasteiger partial charge on any atom is -0.481 e. The molecule has 88 valence electrons. The van der Waals surface area contributed by atoms with E-state index in [1.54, 1.807) is 26.0 Å². The van der Waals surface area contributed by atoms with Crippen molar-refractivity contribution in [3.05, 3.63) is 29.8 Å². The number of carbonyl (C=O) groups is 1. The van der Waals surface area contributed by atoms with Crippen molar-refractivity contribution in [1.82, 2.24) is 0 Å². The lowest BCUT2D eigenvalue weighted by Gasteiger charge is -2.08. The third-order valence-corrected chi connectivity index (χ3v) is 4.36. The Bertz CT molecular complexity index is 488. The van der Waals surface area contributed by atoms with Gasteiger partial charge in [0.2, 0.25) is 0 Å². The molecule has 0 aromatic heterocycles. The highest BCUT2D eigenvalue weighted by molar-refractivity contribution is 7.92. The Balaban J connectivity index is 3.13. The normalized spacial score (nSPS) is 11.7. The smallest absolute Gasteiger partial charge is 0.307 e. The fraction of sp³-hybridized carbons (Fsp3) is 0.364. The Labute approximate surface area is 94.8 Å². The lowest BCUT2D eigenvalue weighted by atomic mass is 10.2. The molecule has 0 atom stereocenters. The summed E-state index contributed by atoms with van der Waals surface area (Å²) in [6.07, 6.45) is -0.165. The maximum absolute atomic E-state index is 11.8. The summed E-state index contributed by atoms with van der Waals surface area (Å²) in [5, 5.41) is 8.11. The largest absolute Gasteiger partial charge is 0.481 e. The van der Waals surface area contributed by atoms with Gasteiger partial charge in [-0.25, -0.2) is 8.42 Å². The zero-order valence-corrected chi connectivity index (χ0v) is 9.99. The van der Waals surface area contributed by atoms with Gasteiger partial charge in [-0.3, -0.25) is 4.79 Å². The summed E-state index contributed by atoms with van der Waals surface area (Å²) in [7, 11) is -3.33. The van der Waals surface area contributed by atoms with Crippen LogP contribution in [0.4, 0.5) is 0 Å². The molecule has 0 radical (unpaired) electrons. The Morgan fingerprint density at radius 3 is 2.50 bits per heavy atom. The van der Waals surface area contributed by atoms with E-state index in [9.17, 15) is 13.2 Å². The Hall–Kier alpha value is -1.36. The van der Waals surface area contributed by atoms with Crippen LogP contribution in [0.25, 0.3) is 0 Å². The average Bonchev–Trinajstić information content (AvgIpc) is 2.16. The number of carboxylic acids is 1. The molecule has 0 aliphatic carbocycles. The third kappa shape index (κ3) is 2.82. The highest BCUT2D eigenvalue weighted by atomic mass is 32.2. The monoisotopic (exact) mass is 242 g/mol. The van der Waals surface area contributed by atoms with Crippen LogP contribution in [0.2, 0.25) is 0 Å². The maximum Gasteiger partial charge on any atom is 0.307 e. The molecule has 0 amide bonds. The quantitative estimate of drug-likeness (QED) is 0.868. The van der Waals surface area contributed by atoms with E-state index in [0.717, 1.165) is 0 Å². The van der Waals surface area contributed by atoms with Crippen LogP contribution in [0.5, 0.6) is 0 Å². The molecule has 0 saturated carbocycles. The molecule has 0 bridgehead atoms. The maximum atomic E-state index is 11.8. The van der Waals surface area contributed by atoms with Crippen LogP contribution in [0.3, 0.4) is 0 Å². The summed E-state index contributed by atoms with van der Waals surface area (Å²) >= 11 is 0. The fourth-order valence-electron chi connectivity index (χ4n) is 1.28. The predicted octanol–water partition coefficient (Wildman–Crippen LogP) is 1.50. The van der Waals surface area contributed by atoms with Crippen LogP contribution in [0, 0.1) is 0 Å². The lowest BCUT2D eigenvalue weighted by Crippen LogP contribution is -2.14. The van der Waals surface area contributed by atoms with Crippen molar-refractivity contribution in [3.8, 4) is 0 Å². The van der Waals surface area contributed by atoms with E-state index in [4.69, 9.17) is 5.11 Å². The van der Waals surface area contributed by atoms with Crippen LogP contribution in [-0.2, 0) is 21.1 Å². The molecule has 1 aromatic rings. The first-order valence-corrected chi connectivity index (χ1v) is 6.43. The second kappa shape index (κ2) is 4.65. The van der Waals surface area contributed by atoms with E-state index in [1.807, 2.05) is 0 Å². The van der Waals surface area contributed by atoms with Gasteiger partial charge in [-0.1, -0.05) is 12.1 Å². The number of rotatable bonds is 4. The molecule has 1 aromatic carbocycles. The van der Waals surface area contributed by atoms with E-state index in [0.29, 0.717) is 5.56 Å². The second-order valence-corrected chi connectivity index (χ2v) is 6.32. The molecule has 16 heavy (non-hydrogen) atoms. The van der Waals surface area contributed by atoms with Gasteiger partial charge in [0.15, 0.2) is 9.84 Å². The fourth-order valence-corrected chi connectivity index (χ4v) is 2.41. The van der Waals surface area contributed by atoms with E-state index < -0.39 is 21.1 Å². The molecule has 0 spiro atoms. The first-order valence-electron chi connectivity index (χ1n) is 4.88. The van der Waals surface area contributed by atoms with Crippen LogP contribution in [0.1, 0.15) is 19.4 Å². The Kier molecular flexibility index (Phi) is 3.70. The van der Waals surface area contributed by atoms with Crippen molar-refractivity contribution in [2.24, 2.45) is 0 Å². The zero-order chi connectivity index (χ0) is 12.3. The summed E-state index contributed by atoms with van der Waals surface area (Å²) in [5.74, 6) is -0.973. The summed E-state index contributed by atoms with van der Waals surface area (Å²) in [4.78, 5) is 10.7. The number of hydrogen-bond acceptors (Lipinski definition) is 3. The minimum absolute atomic E-state index is 0.165. The molecule has 0 aliphatic heterocycles. The number of aliphatic carboxylic acids is 1. The summed E-state index contributed by atoms with van der Waals surface area (Å²) in [6.45, 7) is 3.19. The highest BCUT2D eigenvalue weighted by Crippen LogP contribution is 2.17. The molecular weight excluding hydrogens is 228 g/mol. The molecule has 0 heterocycles. The van der Waals surface area contributed by atoms with Gasteiger partial charge in [0.25, 0.3) is 0 Å². The van der Waals surface area contributed by atoms with Gasteiger partial charge in [0.1, 0.15) is 0 Å². The van der Waals surface area contributed by atoms with Gasteiger partial charge in [-0.15, -0.1) is 0 Å². The van der Waals surface area contributed by atoms with E-state index in [1.165, 1.54) is 12.1 Å². The van der Waals surface area contributed by atoms with E-state index in [-0.39, 0.29) is 11.3 Å². The molecule has 0 unspecified atom stereocenters. The van der Waals surface area contributed by atoms with Crippen LogP contribution < -0.4 is 0 Å². The van der Waals surface area contributed by atoms with Crippen LogP contribution >= 0.6 is 0 Å². The number of sulfone groups is 1. The zero-order valence-electron chi connectivity index (χ0n) is 9.17. The van der Waals surface area contributed by atoms with Gasteiger partial charge in [-0.2, -0.15) is 0 Å². The topological polar surface area (TPSA) is 71.4 Å². The molecule has 4 nitrogen and oxygen atoms in total. The van der Waals surface area contributed by atoms with Crippen LogP contribution in [-0.4, -0.2) is 24.7 Å². The number of benzene rings is 1. The van der Waals surface area contributed by atoms with Crippen molar-refractivity contribution < 1.29 is 18.3 Å². The van der Waals surface area contributed by atoms with Crippen molar-refractivity contribution in [2.45, 2.75) is 30.4 Å². The summed E-state index contributed by atoms with van der Waals surface area (Å²) < 4.78 is 23.6. The molecular formula is C11H14O4S. The van der Waals surface area contributed by atoms with Crippen molar-refractivity contribution in [3.63, 3.8) is 0 Å². The average molecular weight is 242 g/mol. The van der Waals surface area contributed by atoms with Gasteiger partial charge in [0, 0.05) is 0 Å². The van der Waals surface area contributed by atoms with Crippen molar-refractivity contribution >= 4 is 15.8 Å². The molecule has 1 N–H and O–H groups in total. The van der Waals surface area contributed by atoms with Gasteiger partial charge >= 0.3 is 5.97 Å². The summed E-state index contributed by atoms with van der Waals surface area (Å²) in [6, 6.07) is 6.07. The first kappa shape index (κ1) is 12.7. The summed E-state index contributed by atoms with van der Waals surface area (Å²) in [5.41, 5.74) is 0.495. The van der Waals surface area contributed by atoms with Crippen molar-refractivity contribution in [2.75, 3.05) is 0 Å². The van der Waals surface area contributed by atoms with Gasteiger partial charge in [-0.05, 0) is 31.5 Å². The third-order valence-electron chi connectivity index (χ3n) is 2.20. The van der Waals surface area contributed by atoms with Crippen molar-refractivity contribution in [1.29, 1.82) is 0 Å². The Morgan fingerprint density at radius 2 is 2.00 bits per heavy atom. The molecule has 0 aliphatic rings. The number of carboxylic acid groups (broad SMARTS) is 1. The Morgan fingerprint density at radius 1 is 1.38 bits per heavy atom. The molecule has 5 heteroatoms. The minimum atomic E-state index is -3.33. The van der Waals surface area contributed by atoms with E-state index >= 15 is 0 Å². The molecule has 0 fully saturated rings. The lowest BCUT2D eigenvalue weighted by molar-refractivity contribution is -0.136. The van der Waals surface area contributed by atoms with E-state index in [2.05, 4.69) is 0 Å². The SMILES string of the molecule is CC(C)S(=O)(=O)c1cccc(CC(=O)O)c1. The second-order valence-electron chi connectivity index (χ2n) is 3.81. The standard InChI is InChI=1S/C11H14O4S/c1-8(2)16(14,15)10-5-3-4-9(6-10)7-11(12)13/h3-6,8H,7H2,1-2H3,(H,12,13). The molecule has 1 rings (SSSR count). The first-order chi connectivity index (χ1) is 7.34. The van der Waals surface area contributed by atoms with Gasteiger partial charge in [0.05, 0.1) is 16.6 Å². The van der Waals surface area contributed by atoms with Gasteiger partial charge < -0.3 is 5.11 Å².